The summed E-state index contributed by atoms with van der Waals surface area (Å²) < 4.78 is 0. The molecule has 2 fully saturated rings. The first-order valence-electron chi connectivity index (χ1n) is 9.01. The lowest BCUT2D eigenvalue weighted by Gasteiger charge is -2.44. The van der Waals surface area contributed by atoms with Crippen LogP contribution in [0, 0.1) is 11.3 Å². The smallest absolute Gasteiger partial charge is 0.0460 e. The van der Waals surface area contributed by atoms with E-state index in [1.165, 1.54) is 64.6 Å². The van der Waals surface area contributed by atoms with Gasteiger partial charge in [-0.15, -0.1) is 0 Å². The van der Waals surface area contributed by atoms with E-state index in [1.54, 1.807) is 0 Å². The zero-order valence-electron chi connectivity index (χ0n) is 14.5. The Bertz CT molecular complexity index is 297. The largest absolute Gasteiger partial charge is 0.396 e. The maximum absolute atomic E-state index is 9.29. The van der Waals surface area contributed by atoms with Crippen LogP contribution in [0.15, 0.2) is 0 Å². The van der Waals surface area contributed by atoms with E-state index in [9.17, 15) is 5.11 Å². The van der Waals surface area contributed by atoms with Gasteiger partial charge in [-0.2, -0.15) is 0 Å². The first-order valence-corrected chi connectivity index (χ1v) is 9.01. The molecule has 3 heteroatoms. The highest BCUT2D eigenvalue weighted by Crippen LogP contribution is 2.37. The first kappa shape index (κ1) is 17.2. The van der Waals surface area contributed by atoms with Crippen molar-refractivity contribution in [1.29, 1.82) is 0 Å². The molecule has 0 spiro atoms. The summed E-state index contributed by atoms with van der Waals surface area (Å²) in [6.07, 6.45) is 9.35. The topological polar surface area (TPSA) is 35.5 Å². The third kappa shape index (κ3) is 5.54. The molecule has 0 amide bonds. The molecule has 1 saturated heterocycles. The molecule has 0 unspecified atom stereocenters. The van der Waals surface area contributed by atoms with Crippen LogP contribution in [0.3, 0.4) is 0 Å². The summed E-state index contributed by atoms with van der Waals surface area (Å²) in [5.74, 6) is 0.552. The molecule has 3 nitrogen and oxygen atoms in total. The summed E-state index contributed by atoms with van der Waals surface area (Å²) in [6.45, 7) is 12.0. The summed E-state index contributed by atoms with van der Waals surface area (Å²) in [4.78, 5) is 2.67. The van der Waals surface area contributed by atoms with Gasteiger partial charge in [-0.1, -0.05) is 19.3 Å². The number of hydrogen-bond donors (Lipinski definition) is 2. The lowest BCUT2D eigenvalue weighted by Crippen LogP contribution is -2.51. The molecule has 0 aromatic heterocycles. The van der Waals surface area contributed by atoms with Crippen LogP contribution in [0.5, 0.6) is 0 Å². The molecule has 2 N–H and O–H groups in total. The zero-order valence-corrected chi connectivity index (χ0v) is 14.5. The number of piperidine rings is 1. The third-order valence-corrected chi connectivity index (χ3v) is 5.43. The Kier molecular flexibility index (Phi) is 6.10. The Morgan fingerprint density at radius 3 is 2.24 bits per heavy atom. The maximum atomic E-state index is 9.29. The van der Waals surface area contributed by atoms with Crippen molar-refractivity contribution in [3.63, 3.8) is 0 Å². The van der Waals surface area contributed by atoms with Crippen LogP contribution in [-0.4, -0.2) is 48.3 Å². The predicted octanol–water partition coefficient (Wildman–Crippen LogP) is 3.03. The van der Waals surface area contributed by atoms with Crippen molar-refractivity contribution in [3.05, 3.63) is 0 Å². The molecule has 2 rings (SSSR count). The van der Waals surface area contributed by atoms with Gasteiger partial charge in [0.15, 0.2) is 0 Å². The van der Waals surface area contributed by atoms with Crippen LogP contribution in [0.1, 0.15) is 65.7 Å². The summed E-state index contributed by atoms with van der Waals surface area (Å²) in [5.41, 5.74) is 0.700. The molecular weight excluding hydrogens is 260 g/mol. The second-order valence-corrected chi connectivity index (χ2v) is 8.57. The molecule has 1 aliphatic heterocycles. The molecule has 124 valence electrons. The second kappa shape index (κ2) is 7.43. The monoisotopic (exact) mass is 296 g/mol. The SMILES string of the molecule is CC(C)(C)NCC1(CN2CCC(CO)CC2)CCCCC1. The summed E-state index contributed by atoms with van der Waals surface area (Å²) in [6, 6.07) is 0. The minimum absolute atomic E-state index is 0.217. The lowest BCUT2D eigenvalue weighted by atomic mass is 9.73. The number of rotatable bonds is 5. The third-order valence-electron chi connectivity index (χ3n) is 5.43. The van der Waals surface area contributed by atoms with E-state index in [0.717, 1.165) is 6.54 Å². The Balaban J connectivity index is 1.90. The van der Waals surface area contributed by atoms with Crippen LogP contribution in [0.2, 0.25) is 0 Å². The van der Waals surface area contributed by atoms with Gasteiger partial charge in [0.2, 0.25) is 0 Å². The standard InChI is InChI=1S/C18H36N2O/c1-17(2,3)19-14-18(9-5-4-6-10-18)15-20-11-7-16(13-21)8-12-20/h16,19,21H,4-15H2,1-3H3. The summed E-state index contributed by atoms with van der Waals surface area (Å²) in [5, 5.41) is 13.1. The van der Waals surface area contributed by atoms with Gasteiger partial charge >= 0.3 is 0 Å². The highest BCUT2D eigenvalue weighted by molar-refractivity contribution is 4.90. The van der Waals surface area contributed by atoms with Crippen LogP contribution < -0.4 is 5.32 Å². The number of hydrogen-bond acceptors (Lipinski definition) is 3. The van der Waals surface area contributed by atoms with Crippen molar-refractivity contribution in [2.75, 3.05) is 32.8 Å². The molecule has 2 aliphatic rings. The van der Waals surface area contributed by atoms with E-state index < -0.39 is 0 Å². The minimum Gasteiger partial charge on any atom is -0.396 e. The molecule has 1 saturated carbocycles. The summed E-state index contributed by atoms with van der Waals surface area (Å²) >= 11 is 0. The van der Waals surface area contributed by atoms with Gasteiger partial charge < -0.3 is 15.3 Å². The number of nitrogens with zero attached hydrogens (tertiary/aromatic N) is 1. The Morgan fingerprint density at radius 2 is 1.71 bits per heavy atom. The van der Waals surface area contributed by atoms with Gasteiger partial charge in [0.25, 0.3) is 0 Å². The van der Waals surface area contributed by atoms with Crippen molar-refractivity contribution in [1.82, 2.24) is 10.2 Å². The van der Waals surface area contributed by atoms with Crippen LogP contribution in [-0.2, 0) is 0 Å². The van der Waals surface area contributed by atoms with Gasteiger partial charge in [-0.05, 0) is 70.9 Å². The maximum Gasteiger partial charge on any atom is 0.0460 e. The van der Waals surface area contributed by atoms with Crippen molar-refractivity contribution >= 4 is 0 Å². The molecule has 0 atom stereocenters. The molecule has 0 aromatic rings. The number of aliphatic hydroxyl groups excluding tert-OH is 1. The lowest BCUT2D eigenvalue weighted by molar-refractivity contribution is 0.0619. The average Bonchev–Trinajstić information content (AvgIpc) is 2.46. The molecule has 0 aromatic carbocycles. The molecule has 21 heavy (non-hydrogen) atoms. The van der Waals surface area contributed by atoms with Crippen molar-refractivity contribution in [2.45, 2.75) is 71.3 Å². The minimum atomic E-state index is 0.217. The fourth-order valence-corrected chi connectivity index (χ4v) is 3.95. The van der Waals surface area contributed by atoms with E-state index in [1.807, 2.05) is 0 Å². The predicted molar refractivity (Wildman–Crippen MR) is 89.5 cm³/mol. The van der Waals surface area contributed by atoms with Crippen molar-refractivity contribution < 1.29 is 5.11 Å². The normalized spacial score (nSPS) is 25.1. The van der Waals surface area contributed by atoms with E-state index in [-0.39, 0.29) is 5.54 Å². The fourth-order valence-electron chi connectivity index (χ4n) is 3.95. The zero-order chi connectivity index (χ0) is 15.3. The van der Waals surface area contributed by atoms with Crippen LogP contribution in [0.4, 0.5) is 0 Å². The van der Waals surface area contributed by atoms with Crippen molar-refractivity contribution in [2.24, 2.45) is 11.3 Å². The van der Waals surface area contributed by atoms with Crippen molar-refractivity contribution in [3.8, 4) is 0 Å². The van der Waals surface area contributed by atoms with E-state index in [4.69, 9.17) is 0 Å². The number of likely N-dealkylation sites (tertiary alicyclic amines) is 1. The molecule has 0 radical (unpaired) electrons. The Labute approximate surface area is 131 Å². The van der Waals surface area contributed by atoms with E-state index >= 15 is 0 Å². The van der Waals surface area contributed by atoms with Crippen LogP contribution >= 0.6 is 0 Å². The number of nitrogens with one attached hydrogen (secondary N) is 1. The van der Waals surface area contributed by atoms with E-state index in [2.05, 4.69) is 31.0 Å². The first-order chi connectivity index (χ1) is 9.92. The summed E-state index contributed by atoms with van der Waals surface area (Å²) in [7, 11) is 0. The molecular formula is C18H36N2O. The molecule has 1 heterocycles. The van der Waals surface area contributed by atoms with Crippen LogP contribution in [0.25, 0.3) is 0 Å². The molecule has 0 bridgehead atoms. The van der Waals surface area contributed by atoms with Gasteiger partial charge in [0.1, 0.15) is 0 Å². The Morgan fingerprint density at radius 1 is 1.10 bits per heavy atom. The highest BCUT2D eigenvalue weighted by atomic mass is 16.3. The van der Waals surface area contributed by atoms with Gasteiger partial charge in [0.05, 0.1) is 0 Å². The highest BCUT2D eigenvalue weighted by Gasteiger charge is 2.35. The Hall–Kier alpha value is -0.120. The quantitative estimate of drug-likeness (QED) is 0.818. The van der Waals surface area contributed by atoms with E-state index in [0.29, 0.717) is 17.9 Å². The molecule has 1 aliphatic carbocycles. The second-order valence-electron chi connectivity index (χ2n) is 8.57. The van der Waals surface area contributed by atoms with Gasteiger partial charge in [-0.3, -0.25) is 0 Å². The fraction of sp³-hybridized carbons (Fsp3) is 1.00. The average molecular weight is 296 g/mol. The number of aliphatic hydroxyl groups is 1. The van der Waals surface area contributed by atoms with Gasteiger partial charge in [-0.25, -0.2) is 0 Å². The van der Waals surface area contributed by atoms with Gasteiger partial charge in [0, 0.05) is 25.2 Å².